The van der Waals surface area contributed by atoms with Crippen molar-refractivity contribution >= 4 is 21.1 Å². The summed E-state index contributed by atoms with van der Waals surface area (Å²) in [4.78, 5) is 27.0. The number of pyridine rings is 1. The largest absolute Gasteiger partial charge is 0.472 e. The molecule has 0 aliphatic carbocycles. The zero-order valence-electron chi connectivity index (χ0n) is 22.0. The number of methoxy groups -OCH3 is 1. The molecule has 3 aromatic rings. The number of sulfonamides is 1. The van der Waals surface area contributed by atoms with Crippen LogP contribution in [0.1, 0.15) is 32.9 Å². The monoisotopic (exact) mass is 533 g/mol. The van der Waals surface area contributed by atoms with Crippen LogP contribution in [-0.4, -0.2) is 94.9 Å². The molecule has 0 saturated carbocycles. The quantitative estimate of drug-likeness (QED) is 0.410. The Labute approximate surface area is 216 Å². The molecule has 0 spiro atoms. The highest BCUT2D eigenvalue weighted by molar-refractivity contribution is 7.89. The van der Waals surface area contributed by atoms with Crippen molar-refractivity contribution in [3.05, 3.63) is 28.3 Å². The number of ether oxygens (including phenoxy) is 2. The van der Waals surface area contributed by atoms with Crippen molar-refractivity contribution in [1.29, 1.82) is 0 Å². The predicted octanol–water partition coefficient (Wildman–Crippen LogP) is 1.41. The Kier molecular flexibility index (Phi) is 8.26. The first-order chi connectivity index (χ1) is 17.7. The molecular weight excluding hydrogens is 498 g/mol. The first kappa shape index (κ1) is 27.2. The first-order valence-electron chi connectivity index (χ1n) is 12.5. The number of H-pyrrole nitrogens is 1. The Morgan fingerprint density at radius 3 is 2.54 bits per heavy atom. The minimum absolute atomic E-state index is 0.0165. The molecule has 0 unspecified atom stereocenters. The van der Waals surface area contributed by atoms with Gasteiger partial charge in [-0.2, -0.15) is 9.40 Å². The van der Waals surface area contributed by atoms with Crippen LogP contribution in [0.5, 0.6) is 5.88 Å². The normalized spacial score (nSPS) is 16.4. The highest BCUT2D eigenvalue weighted by Gasteiger charge is 2.30. The summed E-state index contributed by atoms with van der Waals surface area (Å²) in [6.07, 6.45) is 2.57. The third-order valence-corrected chi connectivity index (χ3v) is 8.31. The maximum atomic E-state index is 13.6. The second-order valence-electron chi connectivity index (χ2n) is 9.19. The van der Waals surface area contributed by atoms with Crippen molar-refractivity contribution in [1.82, 2.24) is 33.9 Å². The smallest absolute Gasteiger partial charge is 0.279 e. The molecule has 0 aromatic carbocycles. The highest BCUT2D eigenvalue weighted by atomic mass is 32.2. The van der Waals surface area contributed by atoms with Crippen LogP contribution in [0.15, 0.2) is 22.0 Å². The molecule has 4 rings (SSSR count). The predicted molar refractivity (Wildman–Crippen MR) is 139 cm³/mol. The Bertz CT molecular complexity index is 1410. The van der Waals surface area contributed by atoms with Gasteiger partial charge in [0, 0.05) is 40.3 Å². The van der Waals surface area contributed by atoms with E-state index in [-0.39, 0.29) is 33.8 Å². The van der Waals surface area contributed by atoms with Gasteiger partial charge >= 0.3 is 0 Å². The topological polar surface area (TPSA) is 136 Å². The summed E-state index contributed by atoms with van der Waals surface area (Å²) in [7, 11) is -0.499. The molecule has 1 fully saturated rings. The molecule has 3 aromatic heterocycles. The fraction of sp³-hybridized carbons (Fsp3) is 0.583. The lowest BCUT2D eigenvalue weighted by Gasteiger charge is -2.33. The number of rotatable bonds is 10. The zero-order valence-corrected chi connectivity index (χ0v) is 22.8. The Morgan fingerprint density at radius 1 is 1.16 bits per heavy atom. The van der Waals surface area contributed by atoms with Crippen LogP contribution in [0.3, 0.4) is 0 Å². The molecule has 1 aliphatic rings. The van der Waals surface area contributed by atoms with Gasteiger partial charge in [0.2, 0.25) is 15.9 Å². The van der Waals surface area contributed by atoms with E-state index in [9.17, 15) is 13.2 Å². The van der Waals surface area contributed by atoms with Gasteiger partial charge in [0.25, 0.3) is 5.56 Å². The average molecular weight is 534 g/mol. The molecule has 12 nitrogen and oxygen atoms in total. The number of aryl methyl sites for hydroxylation is 2. The van der Waals surface area contributed by atoms with Crippen molar-refractivity contribution < 1.29 is 17.9 Å². The van der Waals surface area contributed by atoms with Crippen LogP contribution in [0.25, 0.3) is 22.4 Å². The number of nitrogens with zero attached hydrogens (tertiary/aromatic N) is 6. The van der Waals surface area contributed by atoms with Gasteiger partial charge in [-0.05, 0) is 32.4 Å². The van der Waals surface area contributed by atoms with Gasteiger partial charge in [-0.3, -0.25) is 9.48 Å². The summed E-state index contributed by atoms with van der Waals surface area (Å²) in [5.74, 6) is 0.317. The summed E-state index contributed by atoms with van der Waals surface area (Å²) < 4.78 is 41.4. The Morgan fingerprint density at radius 2 is 1.89 bits per heavy atom. The standard InChI is InChI=1S/C24H35N7O5S/c1-6-8-30-9-11-31(12-10-30)37(33,34)17-13-18(24(25-14-17)36-16(3)15-35-5)22-26-20-19(7-2)29(4)28-21(20)23(32)27-22/h13-14,16H,6-12,15H2,1-5H3,(H,26,27,32)/t16-/m0/s1. The van der Waals surface area contributed by atoms with Gasteiger partial charge in [-0.1, -0.05) is 13.8 Å². The molecule has 13 heteroatoms. The van der Waals surface area contributed by atoms with Crippen LogP contribution < -0.4 is 10.3 Å². The first-order valence-corrected chi connectivity index (χ1v) is 14.0. The minimum Gasteiger partial charge on any atom is -0.472 e. The van der Waals surface area contributed by atoms with Gasteiger partial charge in [0.1, 0.15) is 22.3 Å². The second-order valence-corrected chi connectivity index (χ2v) is 11.1. The van der Waals surface area contributed by atoms with E-state index >= 15 is 0 Å². The molecule has 0 amide bonds. The second kappa shape index (κ2) is 11.3. The average Bonchev–Trinajstić information content (AvgIpc) is 3.20. The molecule has 0 bridgehead atoms. The molecule has 1 N–H and O–H groups in total. The Hall–Kier alpha value is -2.87. The van der Waals surface area contributed by atoms with Gasteiger partial charge in [-0.25, -0.2) is 18.4 Å². The van der Waals surface area contributed by atoms with Crippen molar-refractivity contribution in [2.75, 3.05) is 46.4 Å². The molecule has 4 heterocycles. The summed E-state index contributed by atoms with van der Waals surface area (Å²) in [5.41, 5.74) is 1.32. The number of aromatic nitrogens is 5. The minimum atomic E-state index is -3.82. The summed E-state index contributed by atoms with van der Waals surface area (Å²) in [6, 6.07) is 1.47. The lowest BCUT2D eigenvalue weighted by atomic mass is 10.2. The lowest BCUT2D eigenvalue weighted by molar-refractivity contribution is 0.0893. The van der Waals surface area contributed by atoms with E-state index in [1.807, 2.05) is 13.8 Å². The third-order valence-electron chi connectivity index (χ3n) is 6.45. The number of piperazine rings is 1. The lowest BCUT2D eigenvalue weighted by Crippen LogP contribution is -2.48. The SMILES string of the molecule is CCCN1CCN(S(=O)(=O)c2cnc(O[C@@H](C)COC)c(-c3nc4c(CC)n(C)nc4c(=O)[nH]3)c2)CC1. The van der Waals surface area contributed by atoms with Crippen molar-refractivity contribution in [3.8, 4) is 17.3 Å². The highest BCUT2D eigenvalue weighted by Crippen LogP contribution is 2.31. The summed E-state index contributed by atoms with van der Waals surface area (Å²) in [5, 5.41) is 4.29. The molecular formula is C24H35N7O5S. The maximum Gasteiger partial charge on any atom is 0.279 e. The van der Waals surface area contributed by atoms with Crippen molar-refractivity contribution in [2.24, 2.45) is 7.05 Å². The van der Waals surface area contributed by atoms with E-state index in [1.165, 1.54) is 16.6 Å². The van der Waals surface area contributed by atoms with Crippen LogP contribution in [0.4, 0.5) is 0 Å². The fourth-order valence-corrected chi connectivity index (χ4v) is 6.00. The van der Waals surface area contributed by atoms with E-state index in [1.54, 1.807) is 18.8 Å². The molecule has 1 atom stereocenters. The van der Waals surface area contributed by atoms with Crippen LogP contribution in [-0.2, 0) is 28.2 Å². The molecule has 202 valence electrons. The van der Waals surface area contributed by atoms with E-state index in [2.05, 4.69) is 31.9 Å². The van der Waals surface area contributed by atoms with Crippen molar-refractivity contribution in [3.63, 3.8) is 0 Å². The third kappa shape index (κ3) is 5.54. The fourth-order valence-electron chi connectivity index (χ4n) is 4.60. The van der Waals surface area contributed by atoms with Gasteiger partial charge in [0.05, 0.1) is 24.1 Å². The van der Waals surface area contributed by atoms with Gasteiger partial charge in [-0.15, -0.1) is 0 Å². The van der Waals surface area contributed by atoms with Crippen LogP contribution >= 0.6 is 0 Å². The van der Waals surface area contributed by atoms with Crippen LogP contribution in [0, 0.1) is 0 Å². The summed E-state index contributed by atoms with van der Waals surface area (Å²) in [6.45, 7) is 9.27. The number of fused-ring (bicyclic) bond motifs is 1. The van der Waals surface area contributed by atoms with Gasteiger partial charge in [0.15, 0.2) is 5.52 Å². The van der Waals surface area contributed by atoms with Gasteiger partial charge < -0.3 is 19.4 Å². The van der Waals surface area contributed by atoms with E-state index in [4.69, 9.17) is 9.47 Å². The molecule has 0 radical (unpaired) electrons. The number of aromatic amines is 1. The maximum absolute atomic E-state index is 13.6. The summed E-state index contributed by atoms with van der Waals surface area (Å²) >= 11 is 0. The van der Waals surface area contributed by atoms with Crippen LogP contribution in [0.2, 0.25) is 0 Å². The van der Waals surface area contributed by atoms with Crippen molar-refractivity contribution in [2.45, 2.75) is 44.6 Å². The Balaban J connectivity index is 1.79. The van der Waals surface area contributed by atoms with E-state index in [0.717, 1.165) is 18.7 Å². The molecule has 1 aliphatic heterocycles. The molecule has 37 heavy (non-hydrogen) atoms. The number of hydrogen-bond donors (Lipinski definition) is 1. The van der Waals surface area contributed by atoms with E-state index < -0.39 is 15.6 Å². The number of nitrogens with one attached hydrogen (secondary N) is 1. The number of hydrogen-bond acceptors (Lipinski definition) is 9. The zero-order chi connectivity index (χ0) is 26.7. The van der Waals surface area contributed by atoms with E-state index in [0.29, 0.717) is 44.7 Å². The molecule has 1 saturated heterocycles.